The van der Waals surface area contributed by atoms with Gasteiger partial charge in [0.15, 0.2) is 0 Å². The minimum absolute atomic E-state index is 0.271. The lowest BCUT2D eigenvalue weighted by Gasteiger charge is -2.34. The number of carbonyl (C=O) groups is 2. The molecule has 4 rings (SSSR count). The van der Waals surface area contributed by atoms with E-state index in [0.717, 1.165) is 24.8 Å². The van der Waals surface area contributed by atoms with Gasteiger partial charge in [-0.05, 0) is 62.6 Å². The van der Waals surface area contributed by atoms with E-state index in [1.807, 2.05) is 32.9 Å². The molecule has 2 bridgehead atoms. The monoisotopic (exact) mass is 342 g/mol. The highest BCUT2D eigenvalue weighted by Gasteiger charge is 2.76. The van der Waals surface area contributed by atoms with Crippen LogP contribution in [0.3, 0.4) is 0 Å². The predicted molar refractivity (Wildman–Crippen MR) is 93.3 cm³/mol. The normalized spacial score (nSPS) is 32.7. The van der Waals surface area contributed by atoms with Gasteiger partial charge in [0.05, 0.1) is 5.41 Å². The van der Waals surface area contributed by atoms with Crippen LogP contribution in [-0.2, 0) is 27.2 Å². The van der Waals surface area contributed by atoms with Crippen LogP contribution < -0.4 is 4.74 Å². The maximum Gasteiger partial charge on any atom is 0.356 e. The van der Waals surface area contributed by atoms with Crippen LogP contribution in [0.2, 0.25) is 0 Å². The summed E-state index contributed by atoms with van der Waals surface area (Å²) < 4.78 is 11.5. The van der Waals surface area contributed by atoms with E-state index < -0.39 is 22.4 Å². The van der Waals surface area contributed by atoms with Crippen molar-refractivity contribution in [3.8, 4) is 5.75 Å². The van der Waals surface area contributed by atoms with E-state index in [2.05, 4.69) is 6.07 Å². The van der Waals surface area contributed by atoms with Crippen molar-refractivity contribution in [2.24, 2.45) is 10.8 Å². The molecule has 3 aliphatic rings. The van der Waals surface area contributed by atoms with Crippen molar-refractivity contribution >= 4 is 11.9 Å². The molecule has 0 N–H and O–H groups in total. The average molecular weight is 342 g/mol. The van der Waals surface area contributed by atoms with Crippen molar-refractivity contribution in [1.29, 1.82) is 0 Å². The third kappa shape index (κ3) is 2.06. The molecule has 4 heteroatoms. The quantitative estimate of drug-likeness (QED) is 0.463. The molecule has 0 amide bonds. The summed E-state index contributed by atoms with van der Waals surface area (Å²) in [5, 5.41) is 0. The first-order valence-electron chi connectivity index (χ1n) is 9.38. The maximum absolute atomic E-state index is 13.2. The molecule has 1 saturated carbocycles. The largest absolute Gasteiger partial charge is 0.446 e. The van der Waals surface area contributed by atoms with Crippen LogP contribution in [0, 0.1) is 10.8 Å². The number of ether oxygens (including phenoxy) is 2. The number of fused-ring (bicyclic) bond motifs is 3. The summed E-state index contributed by atoms with van der Waals surface area (Å²) in [5.41, 5.74) is 0.0816. The van der Waals surface area contributed by atoms with E-state index in [1.165, 1.54) is 18.4 Å². The van der Waals surface area contributed by atoms with Crippen molar-refractivity contribution < 1.29 is 19.1 Å². The van der Waals surface area contributed by atoms with E-state index >= 15 is 0 Å². The van der Waals surface area contributed by atoms with Crippen LogP contribution in [0.25, 0.3) is 0 Å². The smallest absolute Gasteiger partial charge is 0.356 e. The molecule has 1 aromatic rings. The minimum atomic E-state index is -1.16. The Hall–Kier alpha value is -1.84. The van der Waals surface area contributed by atoms with Crippen molar-refractivity contribution in [2.45, 2.75) is 71.3 Å². The van der Waals surface area contributed by atoms with Gasteiger partial charge in [0.2, 0.25) is 5.60 Å². The standard InChI is InChI=1S/C21H26O4/c1-19(2)20(3)12-13-21(19,25-17(20)22)18(23)24-16-11-7-9-14-8-5-4-6-10-15(14)16/h7,9,11H,4-6,8,10,12-13H2,1-3H3/t20?,21-/m1/s1. The van der Waals surface area contributed by atoms with Gasteiger partial charge in [0, 0.05) is 5.41 Å². The van der Waals surface area contributed by atoms with E-state index in [9.17, 15) is 9.59 Å². The van der Waals surface area contributed by atoms with Crippen molar-refractivity contribution in [1.82, 2.24) is 0 Å². The lowest BCUT2D eigenvalue weighted by Crippen LogP contribution is -2.50. The minimum Gasteiger partial charge on any atom is -0.446 e. The summed E-state index contributed by atoms with van der Waals surface area (Å²) in [5.74, 6) is -0.0385. The van der Waals surface area contributed by atoms with Crippen LogP contribution in [-0.4, -0.2) is 17.5 Å². The molecule has 0 radical (unpaired) electrons. The summed E-state index contributed by atoms with van der Waals surface area (Å²) >= 11 is 0. The molecular weight excluding hydrogens is 316 g/mol. The third-order valence-corrected chi connectivity index (χ3v) is 7.22. The number of esters is 2. The SMILES string of the molecule is CC12CC[C@](C(=O)Oc3cccc4c3CCCCC4)(OC1=O)C2(C)C. The molecule has 25 heavy (non-hydrogen) atoms. The number of hydrogen-bond donors (Lipinski definition) is 0. The van der Waals surface area contributed by atoms with E-state index in [1.54, 1.807) is 0 Å². The second-order valence-electron chi connectivity index (χ2n) is 8.52. The molecule has 1 unspecified atom stereocenters. The Morgan fingerprint density at radius 3 is 2.52 bits per heavy atom. The molecule has 0 aromatic heterocycles. The van der Waals surface area contributed by atoms with Crippen LogP contribution in [0.5, 0.6) is 5.75 Å². The highest BCUT2D eigenvalue weighted by molar-refractivity contribution is 5.94. The molecule has 1 saturated heterocycles. The molecule has 134 valence electrons. The van der Waals surface area contributed by atoms with Gasteiger partial charge >= 0.3 is 11.9 Å². The van der Waals surface area contributed by atoms with Gasteiger partial charge in [-0.3, -0.25) is 4.79 Å². The third-order valence-electron chi connectivity index (χ3n) is 7.22. The van der Waals surface area contributed by atoms with Gasteiger partial charge in [0.25, 0.3) is 0 Å². The topological polar surface area (TPSA) is 52.6 Å². The van der Waals surface area contributed by atoms with Gasteiger partial charge < -0.3 is 9.47 Å². The summed E-state index contributed by atoms with van der Waals surface area (Å²) in [6.45, 7) is 5.82. The lowest BCUT2D eigenvalue weighted by molar-refractivity contribution is -0.176. The van der Waals surface area contributed by atoms with Gasteiger partial charge in [0.1, 0.15) is 5.75 Å². The highest BCUT2D eigenvalue weighted by Crippen LogP contribution is 2.65. The first-order chi connectivity index (χ1) is 11.8. The van der Waals surface area contributed by atoms with Crippen LogP contribution in [0.4, 0.5) is 0 Å². The molecule has 1 aliphatic heterocycles. The molecule has 1 aromatic carbocycles. The number of carbonyl (C=O) groups excluding carboxylic acids is 2. The van der Waals surface area contributed by atoms with Crippen molar-refractivity contribution in [3.05, 3.63) is 29.3 Å². The average Bonchev–Trinajstić information content (AvgIpc) is 2.81. The zero-order valence-electron chi connectivity index (χ0n) is 15.3. The molecule has 0 spiro atoms. The predicted octanol–water partition coefficient (Wildman–Crippen LogP) is 3.98. The molecule has 2 atom stereocenters. The van der Waals surface area contributed by atoms with E-state index in [-0.39, 0.29) is 5.97 Å². The van der Waals surface area contributed by atoms with Crippen LogP contribution in [0.15, 0.2) is 18.2 Å². The summed E-state index contributed by atoms with van der Waals surface area (Å²) in [7, 11) is 0. The summed E-state index contributed by atoms with van der Waals surface area (Å²) in [6.07, 6.45) is 6.67. The second-order valence-corrected chi connectivity index (χ2v) is 8.52. The number of benzene rings is 1. The Morgan fingerprint density at radius 1 is 1.08 bits per heavy atom. The Balaban J connectivity index is 1.67. The Labute approximate surface area is 148 Å². The number of hydrogen-bond acceptors (Lipinski definition) is 4. The van der Waals surface area contributed by atoms with Gasteiger partial charge in [-0.15, -0.1) is 0 Å². The fourth-order valence-corrected chi connectivity index (χ4v) is 4.90. The van der Waals surface area contributed by atoms with Gasteiger partial charge in [-0.1, -0.05) is 32.4 Å². The van der Waals surface area contributed by atoms with Crippen LogP contribution >= 0.6 is 0 Å². The Bertz CT molecular complexity index is 750. The molecule has 2 aliphatic carbocycles. The Kier molecular flexibility index (Phi) is 3.54. The summed E-state index contributed by atoms with van der Waals surface area (Å²) in [4.78, 5) is 25.6. The number of rotatable bonds is 2. The highest BCUT2D eigenvalue weighted by atomic mass is 16.6. The fraction of sp³-hybridized carbons (Fsp3) is 0.619. The zero-order valence-corrected chi connectivity index (χ0v) is 15.3. The van der Waals surface area contributed by atoms with Crippen LogP contribution in [0.1, 0.15) is 64.0 Å². The van der Waals surface area contributed by atoms with Crippen molar-refractivity contribution in [3.63, 3.8) is 0 Å². The fourth-order valence-electron chi connectivity index (χ4n) is 4.90. The lowest BCUT2D eigenvalue weighted by atomic mass is 9.66. The number of aryl methyl sites for hydroxylation is 1. The van der Waals surface area contributed by atoms with Crippen molar-refractivity contribution in [2.75, 3.05) is 0 Å². The Morgan fingerprint density at radius 2 is 1.84 bits per heavy atom. The molecule has 4 nitrogen and oxygen atoms in total. The molecule has 1 heterocycles. The van der Waals surface area contributed by atoms with Gasteiger partial charge in [-0.2, -0.15) is 0 Å². The zero-order chi connectivity index (χ0) is 17.9. The first kappa shape index (κ1) is 16.6. The maximum atomic E-state index is 13.2. The van der Waals surface area contributed by atoms with Gasteiger partial charge in [-0.25, -0.2) is 4.79 Å². The second kappa shape index (κ2) is 5.33. The molecule has 2 fully saturated rings. The van der Waals surface area contributed by atoms with E-state index in [0.29, 0.717) is 18.6 Å². The molecular formula is C21H26O4. The first-order valence-corrected chi connectivity index (χ1v) is 9.38. The summed E-state index contributed by atoms with van der Waals surface area (Å²) in [6, 6.07) is 5.95. The van der Waals surface area contributed by atoms with E-state index in [4.69, 9.17) is 9.47 Å².